The predicted octanol–water partition coefficient (Wildman–Crippen LogP) is 1.53. The van der Waals surface area contributed by atoms with Crippen LogP contribution in [0.1, 0.15) is 51.9 Å². The zero-order valence-corrected chi connectivity index (χ0v) is 16.7. The SMILES string of the molecule is CCOCCCNC(=NCC(=O)N(C)C)NC1CCOC2(CCCC2)C1. The molecule has 1 aliphatic heterocycles. The fourth-order valence-corrected chi connectivity index (χ4v) is 3.68. The Morgan fingerprint density at radius 2 is 2.12 bits per heavy atom. The fourth-order valence-electron chi connectivity index (χ4n) is 3.68. The van der Waals surface area contributed by atoms with Crippen LogP contribution in [-0.4, -0.2) is 75.4 Å². The van der Waals surface area contributed by atoms with Gasteiger partial charge in [-0.3, -0.25) is 4.79 Å². The molecule has 26 heavy (non-hydrogen) atoms. The van der Waals surface area contributed by atoms with Gasteiger partial charge in [-0.25, -0.2) is 4.99 Å². The van der Waals surface area contributed by atoms with Crippen LogP contribution in [0.15, 0.2) is 4.99 Å². The van der Waals surface area contributed by atoms with Crippen molar-refractivity contribution in [3.05, 3.63) is 0 Å². The van der Waals surface area contributed by atoms with E-state index < -0.39 is 0 Å². The maximum Gasteiger partial charge on any atom is 0.243 e. The molecule has 2 fully saturated rings. The number of hydrogen-bond donors (Lipinski definition) is 2. The standard InChI is InChI=1S/C19H36N4O3/c1-4-25-12-7-11-20-18(21-15-17(24)23(2)3)22-16-8-13-26-19(14-16)9-5-6-10-19/h16H,4-15H2,1-3H3,(H2,20,21,22). The number of hydrogen-bond acceptors (Lipinski definition) is 4. The Bertz CT molecular complexity index is 462. The summed E-state index contributed by atoms with van der Waals surface area (Å²) in [4.78, 5) is 17.9. The number of likely N-dealkylation sites (N-methyl/N-ethyl adjacent to an activating group) is 1. The predicted molar refractivity (Wildman–Crippen MR) is 103 cm³/mol. The van der Waals surface area contributed by atoms with Gasteiger partial charge in [0.2, 0.25) is 5.91 Å². The van der Waals surface area contributed by atoms with Gasteiger partial charge in [0.05, 0.1) is 5.60 Å². The van der Waals surface area contributed by atoms with Gasteiger partial charge in [-0.15, -0.1) is 0 Å². The third-order valence-corrected chi connectivity index (χ3v) is 5.18. The van der Waals surface area contributed by atoms with Gasteiger partial charge in [0.15, 0.2) is 5.96 Å². The van der Waals surface area contributed by atoms with E-state index in [0.717, 1.165) is 51.6 Å². The topological polar surface area (TPSA) is 75.2 Å². The maximum atomic E-state index is 11.9. The van der Waals surface area contributed by atoms with Crippen molar-refractivity contribution >= 4 is 11.9 Å². The molecule has 1 saturated heterocycles. The number of carbonyl (C=O) groups excluding carboxylic acids is 1. The molecule has 1 saturated carbocycles. The molecule has 7 heteroatoms. The highest BCUT2D eigenvalue weighted by Crippen LogP contribution is 2.39. The second-order valence-corrected chi connectivity index (χ2v) is 7.50. The molecule has 1 amide bonds. The van der Waals surface area contributed by atoms with Gasteiger partial charge in [-0.1, -0.05) is 12.8 Å². The van der Waals surface area contributed by atoms with Crippen LogP contribution >= 0.6 is 0 Å². The summed E-state index contributed by atoms with van der Waals surface area (Å²) in [5.41, 5.74) is 0.0649. The monoisotopic (exact) mass is 368 g/mol. The molecule has 1 spiro atoms. The second kappa shape index (κ2) is 10.7. The van der Waals surface area contributed by atoms with E-state index in [-0.39, 0.29) is 18.1 Å². The lowest BCUT2D eigenvalue weighted by molar-refractivity contribution is -0.127. The van der Waals surface area contributed by atoms with E-state index in [2.05, 4.69) is 15.6 Å². The number of carbonyl (C=O) groups is 1. The molecule has 0 aromatic carbocycles. The van der Waals surface area contributed by atoms with Crippen molar-refractivity contribution in [1.29, 1.82) is 0 Å². The summed E-state index contributed by atoms with van der Waals surface area (Å²) in [6.45, 7) is 5.19. The molecule has 1 unspecified atom stereocenters. The van der Waals surface area contributed by atoms with Crippen molar-refractivity contribution in [2.75, 3.05) is 47.0 Å². The Kier molecular flexibility index (Phi) is 8.65. The van der Waals surface area contributed by atoms with Gasteiger partial charge in [0.25, 0.3) is 0 Å². The largest absolute Gasteiger partial charge is 0.382 e. The molecular weight excluding hydrogens is 332 g/mol. The van der Waals surface area contributed by atoms with Crippen LogP contribution in [-0.2, 0) is 14.3 Å². The van der Waals surface area contributed by atoms with Crippen LogP contribution in [0, 0.1) is 0 Å². The Hall–Kier alpha value is -1.34. The van der Waals surface area contributed by atoms with Crippen molar-refractivity contribution in [3.8, 4) is 0 Å². The molecule has 2 rings (SSSR count). The number of nitrogens with one attached hydrogen (secondary N) is 2. The maximum absolute atomic E-state index is 11.9. The van der Waals surface area contributed by atoms with E-state index in [0.29, 0.717) is 6.04 Å². The summed E-state index contributed by atoms with van der Waals surface area (Å²) in [6, 6.07) is 0.342. The first-order valence-corrected chi connectivity index (χ1v) is 10.0. The van der Waals surface area contributed by atoms with Gasteiger partial charge in [0.1, 0.15) is 6.54 Å². The van der Waals surface area contributed by atoms with Crippen LogP contribution in [0.5, 0.6) is 0 Å². The average Bonchev–Trinajstić information content (AvgIpc) is 3.06. The van der Waals surface area contributed by atoms with Gasteiger partial charge in [-0.05, 0) is 39.0 Å². The number of guanidine groups is 1. The van der Waals surface area contributed by atoms with Crippen LogP contribution in [0.2, 0.25) is 0 Å². The first kappa shape index (κ1) is 21.0. The Balaban J connectivity index is 1.89. The lowest BCUT2D eigenvalue weighted by Gasteiger charge is -2.39. The summed E-state index contributed by atoms with van der Waals surface area (Å²) >= 11 is 0. The average molecular weight is 369 g/mol. The molecule has 2 aliphatic rings. The van der Waals surface area contributed by atoms with Gasteiger partial charge < -0.3 is 25.0 Å². The number of nitrogens with zero attached hydrogens (tertiary/aromatic N) is 2. The smallest absolute Gasteiger partial charge is 0.243 e. The Labute approximate surface area is 157 Å². The van der Waals surface area contributed by atoms with Gasteiger partial charge in [-0.2, -0.15) is 0 Å². The number of aliphatic imine (C=N–C) groups is 1. The van der Waals surface area contributed by atoms with Crippen LogP contribution in [0.25, 0.3) is 0 Å². The Morgan fingerprint density at radius 1 is 1.35 bits per heavy atom. The minimum atomic E-state index is -0.000318. The first-order chi connectivity index (χ1) is 12.5. The van der Waals surface area contributed by atoms with Crippen LogP contribution in [0.3, 0.4) is 0 Å². The molecule has 150 valence electrons. The number of rotatable bonds is 8. The second-order valence-electron chi connectivity index (χ2n) is 7.50. The molecular formula is C19H36N4O3. The third kappa shape index (κ3) is 6.76. The summed E-state index contributed by atoms with van der Waals surface area (Å²) in [5.74, 6) is 0.719. The minimum Gasteiger partial charge on any atom is -0.382 e. The van der Waals surface area contributed by atoms with E-state index in [9.17, 15) is 4.79 Å². The van der Waals surface area contributed by atoms with Crippen LogP contribution in [0.4, 0.5) is 0 Å². The number of ether oxygens (including phenoxy) is 2. The lowest BCUT2D eigenvalue weighted by atomic mass is 9.89. The number of amides is 1. The normalized spacial score (nSPS) is 22.4. The molecule has 1 heterocycles. The van der Waals surface area contributed by atoms with Crippen molar-refractivity contribution in [2.45, 2.75) is 63.5 Å². The molecule has 0 aromatic rings. The van der Waals surface area contributed by atoms with E-state index in [1.165, 1.54) is 25.7 Å². The Morgan fingerprint density at radius 3 is 2.81 bits per heavy atom. The van der Waals surface area contributed by atoms with E-state index in [1.807, 2.05) is 6.92 Å². The zero-order valence-electron chi connectivity index (χ0n) is 16.7. The van der Waals surface area contributed by atoms with Crippen molar-refractivity contribution in [2.24, 2.45) is 4.99 Å². The molecule has 0 bridgehead atoms. The third-order valence-electron chi connectivity index (χ3n) is 5.18. The van der Waals surface area contributed by atoms with Crippen molar-refractivity contribution < 1.29 is 14.3 Å². The molecule has 1 aliphatic carbocycles. The summed E-state index contributed by atoms with van der Waals surface area (Å²) in [6.07, 6.45) is 7.77. The fraction of sp³-hybridized carbons (Fsp3) is 0.895. The highest BCUT2D eigenvalue weighted by Gasteiger charge is 2.40. The quantitative estimate of drug-likeness (QED) is 0.386. The van der Waals surface area contributed by atoms with Gasteiger partial charge in [0, 0.05) is 46.5 Å². The van der Waals surface area contributed by atoms with E-state index >= 15 is 0 Å². The minimum absolute atomic E-state index is 0.000318. The molecule has 7 nitrogen and oxygen atoms in total. The zero-order chi connectivity index (χ0) is 18.8. The molecule has 0 aromatic heterocycles. The highest BCUT2D eigenvalue weighted by atomic mass is 16.5. The summed E-state index contributed by atoms with van der Waals surface area (Å²) in [5, 5.41) is 6.89. The van der Waals surface area contributed by atoms with Crippen LogP contribution < -0.4 is 10.6 Å². The van der Waals surface area contributed by atoms with Gasteiger partial charge >= 0.3 is 0 Å². The summed E-state index contributed by atoms with van der Waals surface area (Å²) < 4.78 is 11.5. The first-order valence-electron chi connectivity index (χ1n) is 10.0. The highest BCUT2D eigenvalue weighted by molar-refractivity contribution is 5.84. The molecule has 2 N–H and O–H groups in total. The molecule has 0 radical (unpaired) electrons. The summed E-state index contributed by atoms with van der Waals surface area (Å²) in [7, 11) is 3.51. The lowest BCUT2D eigenvalue weighted by Crippen LogP contribution is -2.51. The van der Waals surface area contributed by atoms with E-state index in [4.69, 9.17) is 9.47 Å². The van der Waals surface area contributed by atoms with Crippen molar-refractivity contribution in [1.82, 2.24) is 15.5 Å². The van der Waals surface area contributed by atoms with Crippen molar-refractivity contribution in [3.63, 3.8) is 0 Å². The molecule has 1 atom stereocenters. The van der Waals surface area contributed by atoms with E-state index in [1.54, 1.807) is 19.0 Å².